The van der Waals surface area contributed by atoms with Crippen LogP contribution in [0.15, 0.2) is 71.6 Å². The maximum absolute atomic E-state index is 12.7. The Hall–Kier alpha value is -3.65. The van der Waals surface area contributed by atoms with Crippen LogP contribution in [0.4, 0.5) is 11.4 Å². The Bertz CT molecular complexity index is 1240. The molecule has 0 aliphatic carbocycles. The van der Waals surface area contributed by atoms with Crippen LogP contribution in [-0.4, -0.2) is 31.1 Å². The van der Waals surface area contributed by atoms with E-state index < -0.39 is 15.7 Å². The number of benzene rings is 3. The van der Waals surface area contributed by atoms with Crippen molar-refractivity contribution in [2.24, 2.45) is 0 Å². The highest BCUT2D eigenvalue weighted by Crippen LogP contribution is 2.28. The van der Waals surface area contributed by atoms with Gasteiger partial charge in [0, 0.05) is 16.8 Å². The molecular formula is C23H22N2O5S. The second kappa shape index (κ2) is 9.01. The second-order valence-electron chi connectivity index (χ2n) is 6.89. The lowest BCUT2D eigenvalue weighted by Gasteiger charge is -2.12. The number of carbonyl (C=O) groups excluding carboxylic acids is 2. The monoisotopic (exact) mass is 438 g/mol. The number of amides is 2. The molecule has 0 aromatic heterocycles. The summed E-state index contributed by atoms with van der Waals surface area (Å²) in [5.74, 6) is -1.23. The summed E-state index contributed by atoms with van der Waals surface area (Å²) < 4.78 is 24.2. The summed E-state index contributed by atoms with van der Waals surface area (Å²) in [6.07, 6.45) is 0. The lowest BCUT2D eigenvalue weighted by molar-refractivity contribution is 0.101. The zero-order valence-corrected chi connectivity index (χ0v) is 17.9. The SMILES string of the molecule is CCS(=O)(=O)c1ccc(O)c(NC(=O)c2ccc(C)c(NC(=O)c3ccccc3)c2)c1. The van der Waals surface area contributed by atoms with Crippen molar-refractivity contribution in [1.82, 2.24) is 0 Å². The van der Waals surface area contributed by atoms with Gasteiger partial charge in [-0.25, -0.2) is 8.42 Å². The molecule has 160 valence electrons. The molecule has 0 aliphatic rings. The van der Waals surface area contributed by atoms with Crippen LogP contribution in [0.1, 0.15) is 33.2 Å². The summed E-state index contributed by atoms with van der Waals surface area (Å²) in [5, 5.41) is 15.4. The summed E-state index contributed by atoms with van der Waals surface area (Å²) in [4.78, 5) is 25.2. The van der Waals surface area contributed by atoms with Crippen LogP contribution in [-0.2, 0) is 9.84 Å². The molecule has 0 fully saturated rings. The number of sulfone groups is 1. The van der Waals surface area contributed by atoms with Gasteiger partial charge < -0.3 is 15.7 Å². The van der Waals surface area contributed by atoms with E-state index in [1.807, 2.05) is 6.07 Å². The molecule has 3 aromatic rings. The first kappa shape index (κ1) is 22.0. The van der Waals surface area contributed by atoms with Gasteiger partial charge in [0.1, 0.15) is 5.75 Å². The number of nitrogens with one attached hydrogen (secondary N) is 2. The first-order chi connectivity index (χ1) is 14.7. The van der Waals surface area contributed by atoms with Crippen molar-refractivity contribution in [3.63, 3.8) is 0 Å². The molecule has 0 saturated heterocycles. The quantitative estimate of drug-likeness (QED) is 0.504. The molecule has 0 radical (unpaired) electrons. The molecule has 8 heteroatoms. The summed E-state index contributed by atoms with van der Waals surface area (Å²) in [5.41, 5.74) is 1.93. The zero-order chi connectivity index (χ0) is 22.6. The van der Waals surface area contributed by atoms with Gasteiger partial charge in [-0.3, -0.25) is 9.59 Å². The van der Waals surface area contributed by atoms with E-state index in [1.165, 1.54) is 31.2 Å². The number of aryl methyl sites for hydroxylation is 1. The van der Waals surface area contributed by atoms with Crippen molar-refractivity contribution >= 4 is 33.0 Å². The van der Waals surface area contributed by atoms with Gasteiger partial charge in [-0.2, -0.15) is 0 Å². The predicted octanol–water partition coefficient (Wildman–Crippen LogP) is 4.00. The minimum absolute atomic E-state index is 0.00261. The minimum atomic E-state index is -3.50. The van der Waals surface area contributed by atoms with Crippen LogP contribution in [0, 0.1) is 6.92 Å². The Balaban J connectivity index is 1.84. The Labute approximate surface area is 180 Å². The number of anilines is 2. The Kier molecular flexibility index (Phi) is 6.41. The van der Waals surface area contributed by atoms with Crippen molar-refractivity contribution in [3.05, 3.63) is 83.4 Å². The molecule has 0 atom stereocenters. The first-order valence-corrected chi connectivity index (χ1v) is 11.2. The number of hydrogen-bond acceptors (Lipinski definition) is 5. The molecule has 0 unspecified atom stereocenters. The standard InChI is InChI=1S/C23H22N2O5S/c1-3-31(29,30)18-11-12-21(26)20(14-18)25-23(28)17-10-9-15(2)19(13-17)24-22(27)16-7-5-4-6-8-16/h4-14,26H,3H2,1-2H3,(H,24,27)(H,25,28). The van der Waals surface area contributed by atoms with Crippen LogP contribution < -0.4 is 10.6 Å². The molecule has 0 aliphatic heterocycles. The largest absolute Gasteiger partial charge is 0.506 e. The van der Waals surface area contributed by atoms with Crippen molar-refractivity contribution in [1.29, 1.82) is 0 Å². The van der Waals surface area contributed by atoms with E-state index in [1.54, 1.807) is 43.3 Å². The second-order valence-corrected chi connectivity index (χ2v) is 9.16. The van der Waals surface area contributed by atoms with E-state index in [2.05, 4.69) is 10.6 Å². The van der Waals surface area contributed by atoms with E-state index >= 15 is 0 Å². The fourth-order valence-electron chi connectivity index (χ4n) is 2.85. The molecule has 0 heterocycles. The average molecular weight is 439 g/mol. The van der Waals surface area contributed by atoms with Gasteiger partial charge >= 0.3 is 0 Å². The highest BCUT2D eigenvalue weighted by atomic mass is 32.2. The molecule has 7 nitrogen and oxygen atoms in total. The lowest BCUT2D eigenvalue weighted by Crippen LogP contribution is -2.16. The molecule has 3 rings (SSSR count). The third-order valence-corrected chi connectivity index (χ3v) is 6.47. The molecule has 0 saturated carbocycles. The maximum Gasteiger partial charge on any atom is 0.255 e. The Morgan fingerprint density at radius 3 is 2.16 bits per heavy atom. The van der Waals surface area contributed by atoms with Gasteiger partial charge in [0.25, 0.3) is 11.8 Å². The van der Waals surface area contributed by atoms with E-state index in [4.69, 9.17) is 0 Å². The fraction of sp³-hybridized carbons (Fsp3) is 0.130. The molecule has 3 N–H and O–H groups in total. The first-order valence-electron chi connectivity index (χ1n) is 9.55. The molecule has 0 bridgehead atoms. The van der Waals surface area contributed by atoms with E-state index in [9.17, 15) is 23.1 Å². The normalized spacial score (nSPS) is 11.0. The van der Waals surface area contributed by atoms with Gasteiger partial charge in [0.05, 0.1) is 16.3 Å². The van der Waals surface area contributed by atoms with Crippen molar-refractivity contribution in [2.75, 3.05) is 16.4 Å². The Morgan fingerprint density at radius 2 is 1.48 bits per heavy atom. The molecule has 31 heavy (non-hydrogen) atoms. The minimum Gasteiger partial charge on any atom is -0.506 e. The number of rotatable bonds is 6. The number of phenols is 1. The topological polar surface area (TPSA) is 113 Å². The number of aromatic hydroxyl groups is 1. The number of hydrogen-bond donors (Lipinski definition) is 3. The smallest absolute Gasteiger partial charge is 0.255 e. The molecule has 3 aromatic carbocycles. The highest BCUT2D eigenvalue weighted by molar-refractivity contribution is 7.91. The predicted molar refractivity (Wildman–Crippen MR) is 119 cm³/mol. The van der Waals surface area contributed by atoms with Crippen molar-refractivity contribution in [2.45, 2.75) is 18.7 Å². The van der Waals surface area contributed by atoms with Gasteiger partial charge in [0.2, 0.25) is 0 Å². The number of carbonyl (C=O) groups is 2. The third kappa shape index (κ3) is 5.10. The van der Waals surface area contributed by atoms with E-state index in [-0.39, 0.29) is 33.6 Å². The average Bonchev–Trinajstić information content (AvgIpc) is 2.77. The summed E-state index contributed by atoms with van der Waals surface area (Å²) >= 11 is 0. The number of phenolic OH excluding ortho intramolecular Hbond substituents is 1. The lowest BCUT2D eigenvalue weighted by atomic mass is 10.1. The van der Waals surface area contributed by atoms with Crippen molar-refractivity contribution in [3.8, 4) is 5.75 Å². The molecule has 2 amide bonds. The van der Waals surface area contributed by atoms with Gasteiger partial charge in [-0.15, -0.1) is 0 Å². The van der Waals surface area contributed by atoms with Crippen LogP contribution in [0.25, 0.3) is 0 Å². The van der Waals surface area contributed by atoms with Gasteiger partial charge in [-0.05, 0) is 55.0 Å². The van der Waals surface area contributed by atoms with Crippen LogP contribution >= 0.6 is 0 Å². The Morgan fingerprint density at radius 1 is 0.839 bits per heavy atom. The van der Waals surface area contributed by atoms with Crippen LogP contribution in [0.3, 0.4) is 0 Å². The van der Waals surface area contributed by atoms with Crippen molar-refractivity contribution < 1.29 is 23.1 Å². The van der Waals surface area contributed by atoms with Crippen LogP contribution in [0.5, 0.6) is 5.75 Å². The maximum atomic E-state index is 12.7. The fourth-order valence-corrected chi connectivity index (χ4v) is 3.76. The summed E-state index contributed by atoms with van der Waals surface area (Å²) in [6, 6.07) is 17.2. The summed E-state index contributed by atoms with van der Waals surface area (Å²) in [6.45, 7) is 3.31. The zero-order valence-electron chi connectivity index (χ0n) is 17.0. The molecular weight excluding hydrogens is 416 g/mol. The summed E-state index contributed by atoms with van der Waals surface area (Å²) in [7, 11) is -3.50. The molecule has 0 spiro atoms. The van der Waals surface area contributed by atoms with Gasteiger partial charge in [-0.1, -0.05) is 31.2 Å². The highest BCUT2D eigenvalue weighted by Gasteiger charge is 2.17. The van der Waals surface area contributed by atoms with E-state index in [0.29, 0.717) is 11.3 Å². The van der Waals surface area contributed by atoms with Crippen LogP contribution in [0.2, 0.25) is 0 Å². The van der Waals surface area contributed by atoms with Gasteiger partial charge in [0.15, 0.2) is 9.84 Å². The third-order valence-electron chi connectivity index (χ3n) is 4.74. The van der Waals surface area contributed by atoms with E-state index in [0.717, 1.165) is 5.56 Å².